The van der Waals surface area contributed by atoms with Crippen LogP contribution in [-0.4, -0.2) is 24.0 Å². The zero-order valence-corrected chi connectivity index (χ0v) is 8.97. The Kier molecular flexibility index (Phi) is 5.14. The zero-order valence-electron chi connectivity index (χ0n) is 8.97. The van der Waals surface area contributed by atoms with Crippen molar-refractivity contribution in [3.63, 3.8) is 0 Å². The second-order valence-corrected chi connectivity index (χ2v) is 4.08. The topological polar surface area (TPSA) is 3.24 Å². The molecule has 1 fully saturated rings. The van der Waals surface area contributed by atoms with Crippen LogP contribution in [0.4, 0.5) is 0 Å². The summed E-state index contributed by atoms with van der Waals surface area (Å²) in [5.41, 5.74) is 0. The number of likely N-dealkylation sites (tertiary alicyclic amines) is 1. The van der Waals surface area contributed by atoms with Crippen molar-refractivity contribution < 1.29 is 0 Å². The summed E-state index contributed by atoms with van der Waals surface area (Å²) in [6, 6.07) is 0.853. The van der Waals surface area contributed by atoms with Gasteiger partial charge in [-0.2, -0.15) is 0 Å². The summed E-state index contributed by atoms with van der Waals surface area (Å²) < 4.78 is 0. The van der Waals surface area contributed by atoms with Crippen LogP contribution in [0.15, 0.2) is 12.7 Å². The second-order valence-electron chi connectivity index (χ2n) is 4.08. The third-order valence-corrected chi connectivity index (χ3v) is 3.00. The van der Waals surface area contributed by atoms with Crippen LogP contribution in [0.25, 0.3) is 0 Å². The Labute approximate surface area is 82.8 Å². The van der Waals surface area contributed by atoms with E-state index in [-0.39, 0.29) is 0 Å². The van der Waals surface area contributed by atoms with Gasteiger partial charge in [-0.1, -0.05) is 32.3 Å². The summed E-state index contributed by atoms with van der Waals surface area (Å²) in [4.78, 5) is 2.60. The summed E-state index contributed by atoms with van der Waals surface area (Å²) in [7, 11) is 0. The normalized spacial score (nSPS) is 24.5. The van der Waals surface area contributed by atoms with E-state index < -0.39 is 0 Å². The molecule has 1 saturated heterocycles. The lowest BCUT2D eigenvalue weighted by molar-refractivity contribution is 0.154. The van der Waals surface area contributed by atoms with E-state index in [1.54, 1.807) is 0 Å². The Morgan fingerprint density at radius 1 is 1.46 bits per heavy atom. The third kappa shape index (κ3) is 3.51. The molecule has 1 atom stereocenters. The van der Waals surface area contributed by atoms with E-state index in [9.17, 15) is 0 Å². The van der Waals surface area contributed by atoms with Crippen LogP contribution < -0.4 is 0 Å². The number of hydrogen-bond donors (Lipinski definition) is 0. The maximum atomic E-state index is 3.83. The van der Waals surface area contributed by atoms with Crippen LogP contribution >= 0.6 is 0 Å². The van der Waals surface area contributed by atoms with Crippen molar-refractivity contribution in [3.8, 4) is 0 Å². The van der Waals surface area contributed by atoms with Gasteiger partial charge in [0.2, 0.25) is 0 Å². The van der Waals surface area contributed by atoms with Crippen LogP contribution in [0.5, 0.6) is 0 Å². The number of unbranched alkanes of at least 4 members (excludes halogenated alkanes) is 1. The molecule has 1 aliphatic heterocycles. The first-order chi connectivity index (χ1) is 6.38. The molecular formula is C12H23N. The van der Waals surface area contributed by atoms with E-state index in [0.29, 0.717) is 0 Å². The third-order valence-electron chi connectivity index (χ3n) is 3.00. The van der Waals surface area contributed by atoms with Gasteiger partial charge in [-0.05, 0) is 25.8 Å². The average Bonchev–Trinajstić information content (AvgIpc) is 2.17. The molecule has 1 rings (SSSR count). The van der Waals surface area contributed by atoms with Gasteiger partial charge in [0.25, 0.3) is 0 Å². The lowest BCUT2D eigenvalue weighted by Gasteiger charge is -2.35. The van der Waals surface area contributed by atoms with Gasteiger partial charge in [0.15, 0.2) is 0 Å². The molecule has 76 valence electrons. The summed E-state index contributed by atoms with van der Waals surface area (Å²) in [5, 5.41) is 0. The molecule has 0 aromatic carbocycles. The van der Waals surface area contributed by atoms with Gasteiger partial charge in [0.05, 0.1) is 0 Å². The minimum Gasteiger partial charge on any atom is -0.297 e. The minimum absolute atomic E-state index is 0.853. The predicted octanol–water partition coefficient (Wildman–Crippen LogP) is 3.22. The fourth-order valence-corrected chi connectivity index (χ4v) is 2.23. The minimum atomic E-state index is 0.853. The van der Waals surface area contributed by atoms with Crippen molar-refractivity contribution >= 4 is 0 Å². The molecule has 0 aromatic heterocycles. The van der Waals surface area contributed by atoms with E-state index in [4.69, 9.17) is 0 Å². The molecule has 0 spiro atoms. The highest BCUT2D eigenvalue weighted by molar-refractivity contribution is 4.82. The number of rotatable bonds is 5. The number of nitrogens with zero attached hydrogens (tertiary/aromatic N) is 1. The largest absolute Gasteiger partial charge is 0.297 e. The van der Waals surface area contributed by atoms with Crippen molar-refractivity contribution in [2.45, 2.75) is 51.5 Å². The lowest BCUT2D eigenvalue weighted by atomic mass is 9.97. The van der Waals surface area contributed by atoms with Crippen molar-refractivity contribution in [1.82, 2.24) is 4.90 Å². The highest BCUT2D eigenvalue weighted by Crippen LogP contribution is 2.20. The van der Waals surface area contributed by atoms with Gasteiger partial charge in [-0.25, -0.2) is 0 Å². The second kappa shape index (κ2) is 6.20. The highest BCUT2D eigenvalue weighted by Gasteiger charge is 2.19. The fourth-order valence-electron chi connectivity index (χ4n) is 2.23. The number of piperidine rings is 1. The quantitative estimate of drug-likeness (QED) is 0.589. The van der Waals surface area contributed by atoms with E-state index in [1.165, 1.54) is 45.1 Å². The first kappa shape index (κ1) is 10.8. The Balaban J connectivity index is 2.32. The maximum Gasteiger partial charge on any atom is 0.0163 e. The Morgan fingerprint density at radius 2 is 2.31 bits per heavy atom. The average molecular weight is 181 g/mol. The van der Waals surface area contributed by atoms with Gasteiger partial charge in [0, 0.05) is 12.6 Å². The molecule has 1 heteroatoms. The molecule has 1 unspecified atom stereocenters. The van der Waals surface area contributed by atoms with Crippen LogP contribution in [0, 0.1) is 0 Å². The SMILES string of the molecule is C=CCN1CCCCC1CCCC. The Hall–Kier alpha value is -0.300. The van der Waals surface area contributed by atoms with Crippen molar-refractivity contribution in [1.29, 1.82) is 0 Å². The van der Waals surface area contributed by atoms with Crippen LogP contribution in [0.2, 0.25) is 0 Å². The summed E-state index contributed by atoms with van der Waals surface area (Å²) in [6.07, 6.45) is 10.4. The molecule has 1 nitrogen and oxygen atoms in total. The Morgan fingerprint density at radius 3 is 3.00 bits per heavy atom. The predicted molar refractivity (Wildman–Crippen MR) is 58.9 cm³/mol. The number of hydrogen-bond acceptors (Lipinski definition) is 1. The zero-order chi connectivity index (χ0) is 9.52. The molecule has 1 heterocycles. The van der Waals surface area contributed by atoms with Crippen molar-refractivity contribution in [2.24, 2.45) is 0 Å². The summed E-state index contributed by atoms with van der Waals surface area (Å²) in [5.74, 6) is 0. The monoisotopic (exact) mass is 181 g/mol. The smallest absolute Gasteiger partial charge is 0.0163 e. The molecule has 0 amide bonds. The van der Waals surface area contributed by atoms with Crippen LogP contribution in [-0.2, 0) is 0 Å². The summed E-state index contributed by atoms with van der Waals surface area (Å²) >= 11 is 0. The van der Waals surface area contributed by atoms with Gasteiger partial charge in [0.1, 0.15) is 0 Å². The lowest BCUT2D eigenvalue weighted by Crippen LogP contribution is -2.39. The van der Waals surface area contributed by atoms with Crippen molar-refractivity contribution in [2.75, 3.05) is 13.1 Å². The van der Waals surface area contributed by atoms with Gasteiger partial charge in [-0.3, -0.25) is 4.90 Å². The summed E-state index contributed by atoms with van der Waals surface area (Å²) in [6.45, 7) is 8.49. The molecule has 0 aromatic rings. The Bertz CT molecular complexity index is 142. The van der Waals surface area contributed by atoms with Crippen molar-refractivity contribution in [3.05, 3.63) is 12.7 Å². The van der Waals surface area contributed by atoms with Crippen LogP contribution in [0.3, 0.4) is 0 Å². The standard InChI is InChI=1S/C12H23N/c1-3-5-8-12-9-6-7-11-13(12)10-4-2/h4,12H,2-3,5-11H2,1H3. The molecule has 13 heavy (non-hydrogen) atoms. The van der Waals surface area contributed by atoms with Crippen LogP contribution in [0.1, 0.15) is 45.4 Å². The van der Waals surface area contributed by atoms with E-state index >= 15 is 0 Å². The molecular weight excluding hydrogens is 158 g/mol. The van der Waals surface area contributed by atoms with Gasteiger partial charge < -0.3 is 0 Å². The molecule has 1 aliphatic rings. The first-order valence-corrected chi connectivity index (χ1v) is 5.73. The molecule has 0 radical (unpaired) electrons. The molecule has 0 saturated carbocycles. The van der Waals surface area contributed by atoms with E-state index in [2.05, 4.69) is 18.4 Å². The molecule has 0 bridgehead atoms. The highest BCUT2D eigenvalue weighted by atomic mass is 15.2. The first-order valence-electron chi connectivity index (χ1n) is 5.73. The van der Waals surface area contributed by atoms with Gasteiger partial charge in [-0.15, -0.1) is 6.58 Å². The molecule has 0 aliphatic carbocycles. The molecule has 0 N–H and O–H groups in total. The van der Waals surface area contributed by atoms with E-state index in [1.807, 2.05) is 6.08 Å². The fraction of sp³-hybridized carbons (Fsp3) is 0.833. The van der Waals surface area contributed by atoms with E-state index in [0.717, 1.165) is 12.6 Å². The van der Waals surface area contributed by atoms with Gasteiger partial charge >= 0.3 is 0 Å². The maximum absolute atomic E-state index is 3.83.